The summed E-state index contributed by atoms with van der Waals surface area (Å²) in [5.41, 5.74) is 5.57. The zero-order chi connectivity index (χ0) is 14.3. The quantitative estimate of drug-likeness (QED) is 0.648. The molecule has 1 aromatic carbocycles. The van der Waals surface area contributed by atoms with Gasteiger partial charge < -0.3 is 10.3 Å². The van der Waals surface area contributed by atoms with E-state index in [0.29, 0.717) is 11.3 Å². The fourth-order valence-corrected chi connectivity index (χ4v) is 2.43. The van der Waals surface area contributed by atoms with Crippen LogP contribution in [0.4, 0.5) is 5.69 Å². The van der Waals surface area contributed by atoms with Gasteiger partial charge in [-0.2, -0.15) is 0 Å². The molecule has 0 aliphatic carbocycles. The maximum Gasteiger partial charge on any atom is 0.256 e. The highest BCUT2D eigenvalue weighted by atomic mass is 16.2. The van der Waals surface area contributed by atoms with Gasteiger partial charge in [0, 0.05) is 16.9 Å². The number of aldehydes is 1. The Bertz CT molecular complexity index is 754. The maximum atomic E-state index is 12.0. The van der Waals surface area contributed by atoms with Crippen LogP contribution in [0.1, 0.15) is 32.9 Å². The Labute approximate surface area is 116 Å². The number of fused-ring (bicyclic) bond motifs is 1. The Morgan fingerprint density at radius 2 is 1.75 bits per heavy atom. The molecule has 1 amide bonds. The topological polar surface area (TPSA) is 62.0 Å². The molecule has 2 aromatic rings. The minimum absolute atomic E-state index is 0.120. The van der Waals surface area contributed by atoms with E-state index in [9.17, 15) is 9.59 Å². The number of H-pyrrole nitrogens is 1. The van der Waals surface area contributed by atoms with Crippen LogP contribution in [0.2, 0.25) is 0 Å². The van der Waals surface area contributed by atoms with Gasteiger partial charge in [0.25, 0.3) is 5.91 Å². The van der Waals surface area contributed by atoms with Crippen molar-refractivity contribution < 1.29 is 9.59 Å². The zero-order valence-corrected chi connectivity index (χ0v) is 11.3. The summed E-state index contributed by atoms with van der Waals surface area (Å²) in [6, 6.07) is 7.57. The number of aromatic amines is 1. The van der Waals surface area contributed by atoms with Crippen LogP contribution in [0, 0.1) is 13.8 Å². The number of para-hydroxylation sites is 1. The highest BCUT2D eigenvalue weighted by Gasteiger charge is 2.24. The van der Waals surface area contributed by atoms with Gasteiger partial charge in [-0.1, -0.05) is 18.2 Å². The number of carbonyl (C=O) groups excluding carboxylic acids is 2. The Morgan fingerprint density at radius 1 is 1.05 bits per heavy atom. The molecule has 3 rings (SSSR count). The van der Waals surface area contributed by atoms with Crippen LogP contribution < -0.4 is 5.32 Å². The van der Waals surface area contributed by atoms with Gasteiger partial charge in [0.15, 0.2) is 6.29 Å². The molecule has 0 spiro atoms. The lowest BCUT2D eigenvalue weighted by Gasteiger charge is -1.98. The van der Waals surface area contributed by atoms with Gasteiger partial charge in [0.05, 0.1) is 11.3 Å². The molecule has 2 N–H and O–H groups in total. The van der Waals surface area contributed by atoms with Gasteiger partial charge in [-0.05, 0) is 37.1 Å². The number of rotatable bonds is 2. The first-order valence-electron chi connectivity index (χ1n) is 6.38. The summed E-state index contributed by atoms with van der Waals surface area (Å²) in [7, 11) is 0. The van der Waals surface area contributed by atoms with Gasteiger partial charge in [-0.25, -0.2) is 0 Å². The van der Waals surface area contributed by atoms with E-state index >= 15 is 0 Å². The summed E-state index contributed by atoms with van der Waals surface area (Å²) in [5.74, 6) is -0.120. The Balaban J connectivity index is 2.14. The van der Waals surface area contributed by atoms with Gasteiger partial charge in [0.1, 0.15) is 0 Å². The van der Waals surface area contributed by atoms with Crippen molar-refractivity contribution in [3.63, 3.8) is 0 Å². The second-order valence-electron chi connectivity index (χ2n) is 4.88. The Hall–Kier alpha value is -2.62. The molecule has 0 atom stereocenters. The molecule has 0 saturated heterocycles. The monoisotopic (exact) mass is 266 g/mol. The van der Waals surface area contributed by atoms with Crippen LogP contribution in [0.25, 0.3) is 11.6 Å². The molecule has 0 unspecified atom stereocenters. The number of benzene rings is 1. The van der Waals surface area contributed by atoms with Crippen molar-refractivity contribution in [1.29, 1.82) is 0 Å². The van der Waals surface area contributed by atoms with Gasteiger partial charge >= 0.3 is 0 Å². The predicted octanol–water partition coefficient (Wildman–Crippen LogP) is 2.94. The van der Waals surface area contributed by atoms with Crippen molar-refractivity contribution in [2.45, 2.75) is 13.8 Å². The average Bonchev–Trinajstić information content (AvgIpc) is 2.91. The molecular formula is C16H14N2O2. The van der Waals surface area contributed by atoms with Crippen molar-refractivity contribution in [3.05, 3.63) is 52.3 Å². The van der Waals surface area contributed by atoms with Crippen molar-refractivity contribution in [2.24, 2.45) is 0 Å². The van der Waals surface area contributed by atoms with Gasteiger partial charge in [-0.3, -0.25) is 9.59 Å². The molecule has 0 saturated carbocycles. The lowest BCUT2D eigenvalue weighted by atomic mass is 10.0. The molecule has 4 heteroatoms. The number of hydrogen-bond acceptors (Lipinski definition) is 2. The molecule has 1 aliphatic heterocycles. The molecule has 100 valence electrons. The molecule has 0 radical (unpaired) electrons. The van der Waals surface area contributed by atoms with Crippen LogP contribution in [0.15, 0.2) is 24.3 Å². The first-order valence-corrected chi connectivity index (χ1v) is 6.38. The second-order valence-corrected chi connectivity index (χ2v) is 4.88. The van der Waals surface area contributed by atoms with E-state index in [1.807, 2.05) is 38.1 Å². The highest BCUT2D eigenvalue weighted by Crippen LogP contribution is 2.33. The smallest absolute Gasteiger partial charge is 0.256 e. The van der Waals surface area contributed by atoms with E-state index in [-0.39, 0.29) is 5.91 Å². The fraction of sp³-hybridized carbons (Fsp3) is 0.125. The number of carbonyl (C=O) groups is 2. The van der Waals surface area contributed by atoms with Crippen molar-refractivity contribution in [3.8, 4) is 0 Å². The summed E-state index contributed by atoms with van der Waals surface area (Å²) in [6.07, 6.45) is 2.60. The number of hydrogen-bond donors (Lipinski definition) is 2. The van der Waals surface area contributed by atoms with Gasteiger partial charge in [-0.15, -0.1) is 0 Å². The number of amides is 1. The number of anilines is 1. The van der Waals surface area contributed by atoms with E-state index in [4.69, 9.17) is 0 Å². The zero-order valence-electron chi connectivity index (χ0n) is 11.3. The minimum Gasteiger partial charge on any atom is -0.352 e. The summed E-state index contributed by atoms with van der Waals surface area (Å²) >= 11 is 0. The van der Waals surface area contributed by atoms with E-state index in [1.54, 1.807) is 6.08 Å². The van der Waals surface area contributed by atoms with Crippen LogP contribution in [0.3, 0.4) is 0 Å². The van der Waals surface area contributed by atoms with Gasteiger partial charge in [0.2, 0.25) is 0 Å². The van der Waals surface area contributed by atoms with Crippen molar-refractivity contribution >= 4 is 29.5 Å². The molecule has 1 aromatic heterocycles. The SMILES string of the molecule is Cc1c(C=O)[nH]c(C=C2C(=O)Nc3ccccc32)c1C. The van der Waals surface area contributed by atoms with Crippen LogP contribution in [0.5, 0.6) is 0 Å². The Morgan fingerprint density at radius 3 is 2.45 bits per heavy atom. The lowest BCUT2D eigenvalue weighted by Crippen LogP contribution is -2.03. The lowest BCUT2D eigenvalue weighted by molar-refractivity contribution is -0.110. The summed E-state index contributed by atoms with van der Waals surface area (Å²) < 4.78 is 0. The Kier molecular flexibility index (Phi) is 2.79. The van der Waals surface area contributed by atoms with Crippen LogP contribution in [-0.4, -0.2) is 17.2 Å². The third-order valence-electron chi connectivity index (χ3n) is 3.76. The molecule has 0 bridgehead atoms. The minimum atomic E-state index is -0.120. The second kappa shape index (κ2) is 4.49. The summed E-state index contributed by atoms with van der Waals surface area (Å²) in [6.45, 7) is 3.82. The average molecular weight is 266 g/mol. The van der Waals surface area contributed by atoms with E-state index in [1.165, 1.54) is 0 Å². The largest absolute Gasteiger partial charge is 0.352 e. The molecular weight excluding hydrogens is 252 g/mol. The molecule has 4 nitrogen and oxygen atoms in total. The number of nitrogens with one attached hydrogen (secondary N) is 2. The molecule has 2 heterocycles. The van der Waals surface area contributed by atoms with Crippen molar-refractivity contribution in [2.75, 3.05) is 5.32 Å². The summed E-state index contributed by atoms with van der Waals surface area (Å²) in [4.78, 5) is 26.1. The third kappa shape index (κ3) is 1.77. The maximum absolute atomic E-state index is 12.0. The van der Waals surface area contributed by atoms with Crippen molar-refractivity contribution in [1.82, 2.24) is 4.98 Å². The van der Waals surface area contributed by atoms with Crippen LogP contribution >= 0.6 is 0 Å². The third-order valence-corrected chi connectivity index (χ3v) is 3.76. The number of aromatic nitrogens is 1. The highest BCUT2D eigenvalue weighted by molar-refractivity contribution is 6.34. The fourth-order valence-electron chi connectivity index (χ4n) is 2.43. The normalized spacial score (nSPS) is 15.3. The van der Waals surface area contributed by atoms with E-state index in [0.717, 1.165) is 34.4 Å². The standard InChI is InChI=1S/C16H14N2O2/c1-9-10(2)15(8-19)17-14(9)7-12-11-5-3-4-6-13(11)18-16(12)20/h3-8,17H,1-2H3,(H,18,20). The molecule has 0 fully saturated rings. The first kappa shape index (κ1) is 12.4. The van der Waals surface area contributed by atoms with E-state index in [2.05, 4.69) is 10.3 Å². The molecule has 20 heavy (non-hydrogen) atoms. The predicted molar refractivity (Wildman–Crippen MR) is 78.6 cm³/mol. The molecule has 1 aliphatic rings. The van der Waals surface area contributed by atoms with Crippen LogP contribution in [-0.2, 0) is 4.79 Å². The first-order chi connectivity index (χ1) is 9.61. The van der Waals surface area contributed by atoms with E-state index < -0.39 is 0 Å². The summed E-state index contributed by atoms with van der Waals surface area (Å²) in [5, 5.41) is 2.83.